The average Bonchev–Trinajstić information content (AvgIpc) is 2.47. The van der Waals surface area contributed by atoms with Gasteiger partial charge in [-0.2, -0.15) is 0 Å². The van der Waals surface area contributed by atoms with Gasteiger partial charge in [-0.15, -0.1) is 0 Å². The summed E-state index contributed by atoms with van der Waals surface area (Å²) < 4.78 is 10.5. The molecular weight excluding hydrogens is 256 g/mol. The lowest BCUT2D eigenvalue weighted by atomic mass is 10.2. The number of amides is 1. The number of nitrogens with one attached hydrogen (secondary N) is 1. The highest BCUT2D eigenvalue weighted by atomic mass is 16.5. The molecule has 0 aliphatic carbocycles. The Labute approximate surface area is 120 Å². The van der Waals surface area contributed by atoms with Crippen LogP contribution in [0, 0.1) is 0 Å². The highest BCUT2D eigenvalue weighted by molar-refractivity contribution is 5.76. The van der Waals surface area contributed by atoms with E-state index in [1.807, 2.05) is 32.2 Å². The van der Waals surface area contributed by atoms with Crippen LogP contribution in [-0.4, -0.2) is 45.2 Å². The first kappa shape index (κ1) is 16.3. The van der Waals surface area contributed by atoms with Crippen molar-refractivity contribution in [1.29, 1.82) is 0 Å². The quantitative estimate of drug-likeness (QED) is 0.736. The monoisotopic (exact) mass is 280 g/mol. The standard InChI is InChI=1S/C15H24N2O3/c1-5-16-9-8-15(18)17(2)11-12-6-7-13(19-3)14(10-12)20-4/h6-7,10,16H,5,8-9,11H2,1-4H3. The number of hydrogen-bond acceptors (Lipinski definition) is 4. The van der Waals surface area contributed by atoms with Crippen LogP contribution in [-0.2, 0) is 11.3 Å². The Hall–Kier alpha value is -1.75. The van der Waals surface area contributed by atoms with E-state index in [4.69, 9.17) is 9.47 Å². The van der Waals surface area contributed by atoms with Gasteiger partial charge < -0.3 is 19.7 Å². The van der Waals surface area contributed by atoms with Crippen LogP contribution >= 0.6 is 0 Å². The minimum absolute atomic E-state index is 0.126. The molecule has 0 aliphatic rings. The predicted molar refractivity (Wildman–Crippen MR) is 79.2 cm³/mol. The Morgan fingerprint density at radius 2 is 1.95 bits per heavy atom. The van der Waals surface area contributed by atoms with E-state index in [1.54, 1.807) is 19.1 Å². The molecule has 1 rings (SSSR count). The molecule has 1 aromatic carbocycles. The summed E-state index contributed by atoms with van der Waals surface area (Å²) >= 11 is 0. The molecule has 5 heteroatoms. The normalized spacial score (nSPS) is 10.2. The Bertz CT molecular complexity index is 435. The molecule has 0 aliphatic heterocycles. The van der Waals surface area contributed by atoms with Gasteiger partial charge in [0.15, 0.2) is 11.5 Å². The summed E-state index contributed by atoms with van der Waals surface area (Å²) in [6.45, 7) is 4.18. The number of carbonyl (C=O) groups excluding carboxylic acids is 1. The van der Waals surface area contributed by atoms with Gasteiger partial charge in [0.05, 0.1) is 14.2 Å². The minimum atomic E-state index is 0.126. The van der Waals surface area contributed by atoms with Crippen molar-refractivity contribution in [1.82, 2.24) is 10.2 Å². The van der Waals surface area contributed by atoms with E-state index in [-0.39, 0.29) is 5.91 Å². The number of nitrogens with zero attached hydrogens (tertiary/aromatic N) is 1. The highest BCUT2D eigenvalue weighted by Crippen LogP contribution is 2.27. The van der Waals surface area contributed by atoms with Crippen molar-refractivity contribution in [3.8, 4) is 11.5 Å². The number of ether oxygens (including phenoxy) is 2. The van der Waals surface area contributed by atoms with Gasteiger partial charge in [-0.25, -0.2) is 0 Å². The number of benzene rings is 1. The highest BCUT2D eigenvalue weighted by Gasteiger charge is 2.10. The molecule has 5 nitrogen and oxygen atoms in total. The maximum atomic E-state index is 11.9. The Balaban J connectivity index is 2.61. The van der Waals surface area contributed by atoms with Crippen molar-refractivity contribution in [3.63, 3.8) is 0 Å². The molecule has 1 amide bonds. The Kier molecular flexibility index (Phi) is 6.87. The molecule has 0 unspecified atom stereocenters. The third kappa shape index (κ3) is 4.74. The molecule has 0 spiro atoms. The van der Waals surface area contributed by atoms with Gasteiger partial charge in [0.25, 0.3) is 0 Å². The smallest absolute Gasteiger partial charge is 0.223 e. The van der Waals surface area contributed by atoms with Gasteiger partial charge in [-0.05, 0) is 24.2 Å². The van der Waals surface area contributed by atoms with Gasteiger partial charge in [-0.3, -0.25) is 4.79 Å². The Morgan fingerprint density at radius 1 is 1.25 bits per heavy atom. The van der Waals surface area contributed by atoms with Gasteiger partial charge >= 0.3 is 0 Å². The van der Waals surface area contributed by atoms with Crippen LogP contribution in [0.3, 0.4) is 0 Å². The number of carbonyl (C=O) groups is 1. The number of rotatable bonds is 8. The van der Waals surface area contributed by atoms with Crippen molar-refractivity contribution in [3.05, 3.63) is 23.8 Å². The molecule has 20 heavy (non-hydrogen) atoms. The molecular formula is C15H24N2O3. The zero-order chi connectivity index (χ0) is 15.0. The number of hydrogen-bond donors (Lipinski definition) is 1. The summed E-state index contributed by atoms with van der Waals surface area (Å²) in [5, 5.41) is 3.15. The first-order chi connectivity index (χ1) is 9.62. The van der Waals surface area contributed by atoms with Crippen molar-refractivity contribution >= 4 is 5.91 Å². The molecule has 0 aromatic heterocycles. The van der Waals surface area contributed by atoms with Gasteiger partial charge in [0, 0.05) is 26.6 Å². The first-order valence-electron chi connectivity index (χ1n) is 6.78. The van der Waals surface area contributed by atoms with Crippen LogP contribution in [0.2, 0.25) is 0 Å². The van der Waals surface area contributed by atoms with Gasteiger partial charge in [0.1, 0.15) is 0 Å². The third-order valence-corrected chi connectivity index (χ3v) is 3.06. The molecule has 112 valence electrons. The van der Waals surface area contributed by atoms with Crippen molar-refractivity contribution in [2.45, 2.75) is 19.9 Å². The zero-order valence-corrected chi connectivity index (χ0v) is 12.7. The largest absolute Gasteiger partial charge is 0.493 e. The summed E-state index contributed by atoms with van der Waals surface area (Å²) in [5.41, 5.74) is 1.02. The second-order valence-electron chi connectivity index (χ2n) is 4.54. The fraction of sp³-hybridized carbons (Fsp3) is 0.533. The maximum absolute atomic E-state index is 11.9. The summed E-state index contributed by atoms with van der Waals surface area (Å²) in [5.74, 6) is 1.50. The zero-order valence-electron chi connectivity index (χ0n) is 12.7. The summed E-state index contributed by atoms with van der Waals surface area (Å²) in [7, 11) is 5.02. The van der Waals surface area contributed by atoms with Crippen LogP contribution in [0.5, 0.6) is 11.5 Å². The second kappa shape index (κ2) is 8.43. The van der Waals surface area contributed by atoms with Crippen LogP contribution in [0.1, 0.15) is 18.9 Å². The summed E-state index contributed by atoms with van der Waals surface area (Å²) in [4.78, 5) is 13.7. The molecule has 0 atom stereocenters. The fourth-order valence-corrected chi connectivity index (χ4v) is 1.90. The summed E-state index contributed by atoms with van der Waals surface area (Å²) in [6.07, 6.45) is 0.512. The molecule has 0 saturated carbocycles. The molecule has 0 bridgehead atoms. The minimum Gasteiger partial charge on any atom is -0.493 e. The lowest BCUT2D eigenvalue weighted by Crippen LogP contribution is -2.29. The molecule has 0 fully saturated rings. The van der Waals surface area contributed by atoms with Crippen LogP contribution in [0.25, 0.3) is 0 Å². The summed E-state index contributed by atoms with van der Waals surface area (Å²) in [6, 6.07) is 5.69. The fourth-order valence-electron chi connectivity index (χ4n) is 1.90. The van der Waals surface area contributed by atoms with E-state index < -0.39 is 0 Å². The van der Waals surface area contributed by atoms with Crippen LogP contribution in [0.15, 0.2) is 18.2 Å². The van der Waals surface area contributed by atoms with Crippen molar-refractivity contribution < 1.29 is 14.3 Å². The maximum Gasteiger partial charge on any atom is 0.223 e. The topological polar surface area (TPSA) is 50.8 Å². The van der Waals surface area contributed by atoms with E-state index >= 15 is 0 Å². The van der Waals surface area contributed by atoms with E-state index in [1.165, 1.54) is 0 Å². The molecule has 1 N–H and O–H groups in total. The first-order valence-corrected chi connectivity index (χ1v) is 6.78. The second-order valence-corrected chi connectivity index (χ2v) is 4.54. The lowest BCUT2D eigenvalue weighted by Gasteiger charge is -2.18. The van der Waals surface area contributed by atoms with E-state index in [9.17, 15) is 4.79 Å². The molecule has 0 saturated heterocycles. The van der Waals surface area contributed by atoms with Crippen LogP contribution < -0.4 is 14.8 Å². The lowest BCUT2D eigenvalue weighted by molar-refractivity contribution is -0.130. The molecule has 0 radical (unpaired) electrons. The molecule has 1 aromatic rings. The van der Waals surface area contributed by atoms with E-state index in [0.717, 1.165) is 12.1 Å². The van der Waals surface area contributed by atoms with Crippen LogP contribution in [0.4, 0.5) is 0 Å². The molecule has 0 heterocycles. The van der Waals surface area contributed by atoms with Crippen molar-refractivity contribution in [2.75, 3.05) is 34.4 Å². The SMILES string of the molecule is CCNCCC(=O)N(C)Cc1ccc(OC)c(OC)c1. The number of methoxy groups -OCH3 is 2. The van der Waals surface area contributed by atoms with Gasteiger partial charge in [0.2, 0.25) is 5.91 Å². The Morgan fingerprint density at radius 3 is 2.55 bits per heavy atom. The average molecular weight is 280 g/mol. The van der Waals surface area contributed by atoms with E-state index in [2.05, 4.69) is 5.32 Å². The van der Waals surface area contributed by atoms with Gasteiger partial charge in [-0.1, -0.05) is 13.0 Å². The predicted octanol–water partition coefficient (Wildman–Crippen LogP) is 1.66. The van der Waals surface area contributed by atoms with E-state index in [0.29, 0.717) is 31.0 Å². The van der Waals surface area contributed by atoms with Crippen molar-refractivity contribution in [2.24, 2.45) is 0 Å². The third-order valence-electron chi connectivity index (χ3n) is 3.06.